The fourth-order valence-electron chi connectivity index (χ4n) is 5.43. The van der Waals surface area contributed by atoms with Crippen molar-refractivity contribution in [1.82, 2.24) is 0 Å². The van der Waals surface area contributed by atoms with Gasteiger partial charge in [0.15, 0.2) is 0 Å². The second kappa shape index (κ2) is 16.1. The summed E-state index contributed by atoms with van der Waals surface area (Å²) in [5, 5.41) is 0. The van der Waals surface area contributed by atoms with E-state index in [0.29, 0.717) is 0 Å². The molecule has 0 aliphatic carbocycles. The molecule has 0 N–H and O–H groups in total. The lowest BCUT2D eigenvalue weighted by Crippen LogP contribution is -1.92. The molecular weight excluding hydrogens is 468 g/mol. The highest BCUT2D eigenvalue weighted by molar-refractivity contribution is 5.65. The van der Waals surface area contributed by atoms with Crippen LogP contribution in [0.1, 0.15) is 93.9 Å². The van der Waals surface area contributed by atoms with Crippen LogP contribution in [0.3, 0.4) is 0 Å². The molecule has 0 radical (unpaired) electrons. The van der Waals surface area contributed by atoms with E-state index in [9.17, 15) is 0 Å². The van der Waals surface area contributed by atoms with E-state index in [1.54, 1.807) is 0 Å². The minimum Gasteiger partial charge on any atom is -0.0654 e. The van der Waals surface area contributed by atoms with Crippen LogP contribution in [0.2, 0.25) is 0 Å². The molecule has 0 bridgehead atoms. The number of benzene rings is 4. The van der Waals surface area contributed by atoms with Gasteiger partial charge in [-0.15, -0.1) is 0 Å². The second-order valence-electron chi connectivity index (χ2n) is 11.3. The number of rotatable bonds is 16. The van der Waals surface area contributed by atoms with Crippen molar-refractivity contribution in [3.05, 3.63) is 119 Å². The van der Waals surface area contributed by atoms with Gasteiger partial charge in [0.2, 0.25) is 0 Å². The first-order chi connectivity index (χ1) is 19.2. The average Bonchev–Trinajstić information content (AvgIpc) is 2.99. The van der Waals surface area contributed by atoms with Crippen molar-refractivity contribution < 1.29 is 0 Å². The molecule has 204 valence electrons. The fourth-order valence-corrected chi connectivity index (χ4v) is 5.43. The predicted molar refractivity (Wildman–Crippen MR) is 171 cm³/mol. The van der Waals surface area contributed by atoms with E-state index in [1.165, 1.54) is 115 Å². The van der Waals surface area contributed by atoms with E-state index in [4.69, 9.17) is 0 Å². The van der Waals surface area contributed by atoms with Crippen molar-refractivity contribution in [3.63, 3.8) is 0 Å². The second-order valence-corrected chi connectivity index (χ2v) is 11.3. The third-order valence-electron chi connectivity index (χ3n) is 8.07. The third kappa shape index (κ3) is 9.54. The summed E-state index contributed by atoms with van der Waals surface area (Å²) in [6.45, 7) is 4.55. The van der Waals surface area contributed by atoms with Crippen LogP contribution in [0, 0.1) is 0 Å². The highest BCUT2D eigenvalue weighted by Crippen LogP contribution is 2.24. The molecule has 0 saturated heterocycles. The van der Waals surface area contributed by atoms with E-state index in [2.05, 4.69) is 111 Å². The summed E-state index contributed by atoms with van der Waals surface area (Å²) in [5.74, 6) is 0. The van der Waals surface area contributed by atoms with Gasteiger partial charge >= 0.3 is 0 Å². The molecule has 0 spiro atoms. The van der Waals surface area contributed by atoms with Gasteiger partial charge in [0, 0.05) is 0 Å². The van der Waals surface area contributed by atoms with Crippen molar-refractivity contribution in [2.75, 3.05) is 0 Å². The molecule has 0 aliphatic rings. The maximum absolute atomic E-state index is 2.32. The van der Waals surface area contributed by atoms with Gasteiger partial charge in [0.1, 0.15) is 0 Å². The molecule has 0 nitrogen and oxygen atoms in total. The summed E-state index contributed by atoms with van der Waals surface area (Å²) in [6, 6.07) is 36.7. The quantitative estimate of drug-likeness (QED) is 0.130. The van der Waals surface area contributed by atoms with E-state index in [0.717, 1.165) is 12.8 Å². The van der Waals surface area contributed by atoms with Crippen molar-refractivity contribution >= 4 is 0 Å². The highest BCUT2D eigenvalue weighted by Gasteiger charge is 2.03. The van der Waals surface area contributed by atoms with Crippen LogP contribution in [0.25, 0.3) is 22.3 Å². The van der Waals surface area contributed by atoms with Gasteiger partial charge in [0.05, 0.1) is 0 Å². The van der Waals surface area contributed by atoms with Crippen molar-refractivity contribution in [2.45, 2.75) is 97.3 Å². The summed E-state index contributed by atoms with van der Waals surface area (Å²) in [5.41, 5.74) is 11.0. The lowest BCUT2D eigenvalue weighted by atomic mass is 9.97. The number of unbranched alkanes of at least 4 members (excludes halogenated alkanes) is 7. The zero-order chi connectivity index (χ0) is 27.1. The van der Waals surface area contributed by atoms with Gasteiger partial charge in [-0.25, -0.2) is 0 Å². The number of aryl methyl sites for hydroxylation is 4. The minimum absolute atomic E-state index is 1.07. The van der Waals surface area contributed by atoms with Crippen LogP contribution in [0.4, 0.5) is 0 Å². The molecule has 4 rings (SSSR count). The first-order valence-electron chi connectivity index (χ1n) is 15.6. The Morgan fingerprint density at radius 2 is 0.538 bits per heavy atom. The first kappa shape index (κ1) is 28.9. The summed E-state index contributed by atoms with van der Waals surface area (Å²) in [7, 11) is 0. The fraction of sp³-hybridized carbons (Fsp3) is 0.385. The molecule has 39 heavy (non-hydrogen) atoms. The topological polar surface area (TPSA) is 0 Å². The molecule has 4 aromatic rings. The third-order valence-corrected chi connectivity index (χ3v) is 8.07. The van der Waals surface area contributed by atoms with Gasteiger partial charge in [-0.05, 0) is 83.0 Å². The highest BCUT2D eigenvalue weighted by atomic mass is 14.1. The summed E-state index contributed by atoms with van der Waals surface area (Å²) in [4.78, 5) is 0. The van der Waals surface area contributed by atoms with Crippen LogP contribution in [-0.2, 0) is 25.7 Å². The normalized spacial score (nSPS) is 11.1. The molecule has 0 fully saturated rings. The van der Waals surface area contributed by atoms with Crippen LogP contribution >= 0.6 is 0 Å². The van der Waals surface area contributed by atoms with E-state index >= 15 is 0 Å². The van der Waals surface area contributed by atoms with Gasteiger partial charge in [0.25, 0.3) is 0 Å². The van der Waals surface area contributed by atoms with Crippen molar-refractivity contribution in [2.24, 2.45) is 0 Å². The zero-order valence-corrected chi connectivity index (χ0v) is 24.4. The maximum atomic E-state index is 2.32. The van der Waals surface area contributed by atoms with Crippen LogP contribution in [0.5, 0.6) is 0 Å². The van der Waals surface area contributed by atoms with Crippen LogP contribution in [0.15, 0.2) is 97.1 Å². The Labute approximate surface area is 238 Å². The Hall–Kier alpha value is -3.12. The lowest BCUT2D eigenvalue weighted by molar-refractivity contribution is 0.607. The SMILES string of the molecule is CCCCCCCCc1ccc(-c2ccc(CCc3ccc(-c4ccc(CCCCC)cc4)cc3)cc2)cc1. The molecule has 0 aromatic heterocycles. The van der Waals surface area contributed by atoms with Gasteiger partial charge in [-0.1, -0.05) is 156 Å². The molecule has 0 heterocycles. The molecule has 4 aromatic carbocycles. The minimum atomic E-state index is 1.07. The number of hydrogen-bond acceptors (Lipinski definition) is 0. The van der Waals surface area contributed by atoms with Gasteiger partial charge in [-0.3, -0.25) is 0 Å². The van der Waals surface area contributed by atoms with E-state index in [1.807, 2.05) is 0 Å². The van der Waals surface area contributed by atoms with Crippen LogP contribution < -0.4 is 0 Å². The molecule has 0 atom stereocenters. The van der Waals surface area contributed by atoms with Crippen molar-refractivity contribution in [1.29, 1.82) is 0 Å². The molecule has 0 aliphatic heterocycles. The number of hydrogen-bond donors (Lipinski definition) is 0. The van der Waals surface area contributed by atoms with Crippen LogP contribution in [-0.4, -0.2) is 0 Å². The molecule has 0 saturated carbocycles. The monoisotopic (exact) mass is 516 g/mol. The Morgan fingerprint density at radius 3 is 0.897 bits per heavy atom. The average molecular weight is 517 g/mol. The Balaban J connectivity index is 1.23. The Kier molecular flexibility index (Phi) is 11.9. The smallest absolute Gasteiger partial charge is 0.0184 e. The maximum Gasteiger partial charge on any atom is -0.0184 e. The Morgan fingerprint density at radius 1 is 0.282 bits per heavy atom. The first-order valence-corrected chi connectivity index (χ1v) is 15.6. The molecular formula is C39H48. The molecule has 0 amide bonds. The predicted octanol–water partition coefficient (Wildman–Crippen LogP) is 11.4. The summed E-state index contributed by atoms with van der Waals surface area (Å²) in [6.07, 6.45) is 16.6. The summed E-state index contributed by atoms with van der Waals surface area (Å²) >= 11 is 0. The standard InChI is InChI=1S/C39H48/c1-3-5-7-8-9-11-13-33-18-26-37(27-19-33)39-30-22-35(23-31-39)15-14-34-20-28-38(29-21-34)36-24-16-32(17-25-36)12-10-6-4-2/h16-31H,3-15H2,1-2H3. The largest absolute Gasteiger partial charge is 0.0654 e. The van der Waals surface area contributed by atoms with E-state index < -0.39 is 0 Å². The molecule has 0 unspecified atom stereocenters. The zero-order valence-electron chi connectivity index (χ0n) is 24.4. The molecule has 0 heteroatoms. The lowest BCUT2D eigenvalue weighted by Gasteiger charge is -2.08. The summed E-state index contributed by atoms with van der Waals surface area (Å²) < 4.78 is 0. The van der Waals surface area contributed by atoms with Gasteiger partial charge in [-0.2, -0.15) is 0 Å². The van der Waals surface area contributed by atoms with Crippen molar-refractivity contribution in [3.8, 4) is 22.3 Å². The van der Waals surface area contributed by atoms with E-state index in [-0.39, 0.29) is 0 Å². The van der Waals surface area contributed by atoms with Gasteiger partial charge < -0.3 is 0 Å². The Bertz CT molecular complexity index is 1200.